The van der Waals surface area contributed by atoms with E-state index in [0.717, 1.165) is 12.1 Å². The maximum atomic E-state index is 11.0. The third kappa shape index (κ3) is 2.83. The van der Waals surface area contributed by atoms with E-state index in [-0.39, 0.29) is 11.5 Å². The molecule has 7 heteroatoms. The summed E-state index contributed by atoms with van der Waals surface area (Å²) in [5, 5.41) is 28.8. The molecule has 0 aromatic heterocycles. The molecule has 0 bridgehead atoms. The molecule has 102 valence electrons. The Balaban J connectivity index is 2.34. The third-order valence-electron chi connectivity index (χ3n) is 2.47. The monoisotopic (exact) mass is 275 g/mol. The van der Waals surface area contributed by atoms with Crippen LogP contribution in [0.2, 0.25) is 0 Å². The van der Waals surface area contributed by atoms with Gasteiger partial charge in [-0.05, 0) is 30.3 Å². The molecule has 0 aliphatic carbocycles. The van der Waals surface area contributed by atoms with Crippen LogP contribution in [0.1, 0.15) is 10.4 Å². The van der Waals surface area contributed by atoms with Gasteiger partial charge in [0.1, 0.15) is 22.8 Å². The zero-order chi connectivity index (χ0) is 14.7. The van der Waals surface area contributed by atoms with Crippen LogP contribution in [0, 0.1) is 10.1 Å². The van der Waals surface area contributed by atoms with E-state index < -0.39 is 22.1 Å². The Kier molecular flexibility index (Phi) is 3.52. The molecule has 7 nitrogen and oxygen atoms in total. The lowest BCUT2D eigenvalue weighted by Crippen LogP contribution is -2.02. The lowest BCUT2D eigenvalue weighted by Gasteiger charge is -2.06. The predicted molar refractivity (Wildman–Crippen MR) is 68.2 cm³/mol. The minimum absolute atomic E-state index is 0.0623. The van der Waals surface area contributed by atoms with Crippen molar-refractivity contribution in [1.29, 1.82) is 0 Å². The summed E-state index contributed by atoms with van der Waals surface area (Å²) in [7, 11) is 0. The summed E-state index contributed by atoms with van der Waals surface area (Å²) >= 11 is 0. The van der Waals surface area contributed by atoms with Crippen molar-refractivity contribution in [3.8, 4) is 17.2 Å². The number of nitro benzene ring substituents is 1. The van der Waals surface area contributed by atoms with Gasteiger partial charge in [0.15, 0.2) is 0 Å². The number of phenolic OH excluding ortho intramolecular Hbond substituents is 1. The molecule has 0 saturated heterocycles. The summed E-state index contributed by atoms with van der Waals surface area (Å²) in [4.78, 5) is 20.9. The van der Waals surface area contributed by atoms with Gasteiger partial charge in [-0.2, -0.15) is 0 Å². The number of phenols is 1. The van der Waals surface area contributed by atoms with Gasteiger partial charge in [-0.3, -0.25) is 10.1 Å². The first-order chi connectivity index (χ1) is 9.47. The van der Waals surface area contributed by atoms with Gasteiger partial charge < -0.3 is 14.9 Å². The molecule has 2 N–H and O–H groups in total. The van der Waals surface area contributed by atoms with E-state index in [0.29, 0.717) is 5.75 Å². The van der Waals surface area contributed by atoms with E-state index in [9.17, 15) is 14.9 Å². The molecule has 0 saturated carbocycles. The first-order valence-corrected chi connectivity index (χ1v) is 5.46. The van der Waals surface area contributed by atoms with Crippen molar-refractivity contribution in [2.45, 2.75) is 0 Å². The first-order valence-electron chi connectivity index (χ1n) is 5.46. The SMILES string of the molecule is O=C(O)c1cc(Oc2ccc(O)cc2)ccc1[N+](=O)[O-]. The summed E-state index contributed by atoms with van der Waals surface area (Å²) < 4.78 is 5.36. The molecule has 0 radical (unpaired) electrons. The van der Waals surface area contributed by atoms with Crippen LogP contribution in [0.4, 0.5) is 5.69 Å². The first kappa shape index (κ1) is 13.3. The van der Waals surface area contributed by atoms with Crippen LogP contribution in [-0.4, -0.2) is 21.1 Å². The third-order valence-corrected chi connectivity index (χ3v) is 2.47. The minimum atomic E-state index is -1.41. The molecule has 0 heterocycles. The summed E-state index contributed by atoms with van der Waals surface area (Å²) in [6, 6.07) is 9.22. The summed E-state index contributed by atoms with van der Waals surface area (Å²) in [5.74, 6) is -0.827. The van der Waals surface area contributed by atoms with Crippen LogP contribution >= 0.6 is 0 Å². The van der Waals surface area contributed by atoms with Crippen molar-refractivity contribution in [2.75, 3.05) is 0 Å². The van der Waals surface area contributed by atoms with Crippen molar-refractivity contribution in [1.82, 2.24) is 0 Å². The van der Waals surface area contributed by atoms with Crippen molar-refractivity contribution < 1.29 is 24.7 Å². The Morgan fingerprint density at radius 2 is 1.70 bits per heavy atom. The van der Waals surface area contributed by atoms with E-state index in [1.54, 1.807) is 0 Å². The summed E-state index contributed by atoms with van der Waals surface area (Å²) in [6.07, 6.45) is 0. The second kappa shape index (κ2) is 5.27. The molecule has 2 aromatic carbocycles. The minimum Gasteiger partial charge on any atom is -0.508 e. The average molecular weight is 275 g/mol. The summed E-state index contributed by atoms with van der Waals surface area (Å²) in [5.41, 5.74) is -0.957. The Labute approximate surface area is 112 Å². The fourth-order valence-corrected chi connectivity index (χ4v) is 1.56. The number of hydrogen-bond donors (Lipinski definition) is 2. The van der Waals surface area contributed by atoms with Gasteiger partial charge in [0.05, 0.1) is 4.92 Å². The molecular formula is C13H9NO6. The lowest BCUT2D eigenvalue weighted by atomic mass is 10.1. The van der Waals surface area contributed by atoms with Gasteiger partial charge in [0.25, 0.3) is 5.69 Å². The molecule has 0 atom stereocenters. The Morgan fingerprint density at radius 3 is 2.25 bits per heavy atom. The van der Waals surface area contributed by atoms with Crippen LogP contribution in [0.15, 0.2) is 42.5 Å². The number of nitrogens with zero attached hydrogens (tertiary/aromatic N) is 1. The van der Waals surface area contributed by atoms with Gasteiger partial charge in [0, 0.05) is 12.1 Å². The van der Waals surface area contributed by atoms with Crippen LogP contribution < -0.4 is 4.74 Å². The molecule has 0 amide bonds. The van der Waals surface area contributed by atoms with Gasteiger partial charge in [-0.1, -0.05) is 0 Å². The Bertz CT molecular complexity index is 665. The maximum absolute atomic E-state index is 11.0. The smallest absolute Gasteiger partial charge is 0.342 e. The number of benzene rings is 2. The Morgan fingerprint density at radius 1 is 1.10 bits per heavy atom. The topological polar surface area (TPSA) is 110 Å². The number of hydrogen-bond acceptors (Lipinski definition) is 5. The number of rotatable bonds is 4. The zero-order valence-corrected chi connectivity index (χ0v) is 10.0. The number of carboxylic acid groups (broad SMARTS) is 1. The summed E-state index contributed by atoms with van der Waals surface area (Å²) in [6.45, 7) is 0. The van der Waals surface area contributed by atoms with Crippen LogP contribution in [0.5, 0.6) is 17.2 Å². The highest BCUT2D eigenvalue weighted by Crippen LogP contribution is 2.28. The molecule has 0 fully saturated rings. The number of carboxylic acids is 1. The van der Waals surface area contributed by atoms with Crippen molar-refractivity contribution in [3.05, 3.63) is 58.1 Å². The van der Waals surface area contributed by atoms with E-state index in [1.165, 1.54) is 30.3 Å². The number of carbonyl (C=O) groups is 1. The van der Waals surface area contributed by atoms with Crippen LogP contribution in [0.25, 0.3) is 0 Å². The lowest BCUT2D eigenvalue weighted by molar-refractivity contribution is -0.385. The number of aromatic carboxylic acids is 1. The molecule has 0 spiro atoms. The highest BCUT2D eigenvalue weighted by Gasteiger charge is 2.20. The largest absolute Gasteiger partial charge is 0.508 e. The van der Waals surface area contributed by atoms with E-state index >= 15 is 0 Å². The molecule has 20 heavy (non-hydrogen) atoms. The van der Waals surface area contributed by atoms with E-state index in [4.69, 9.17) is 14.9 Å². The second-order valence-corrected chi connectivity index (χ2v) is 3.84. The molecule has 0 aliphatic heterocycles. The van der Waals surface area contributed by atoms with Gasteiger partial charge in [0.2, 0.25) is 0 Å². The molecular weight excluding hydrogens is 266 g/mol. The molecule has 2 aromatic rings. The van der Waals surface area contributed by atoms with Crippen molar-refractivity contribution in [3.63, 3.8) is 0 Å². The number of ether oxygens (including phenoxy) is 1. The quantitative estimate of drug-likeness (QED) is 0.655. The molecule has 0 unspecified atom stereocenters. The molecule has 2 rings (SSSR count). The fourth-order valence-electron chi connectivity index (χ4n) is 1.56. The van der Waals surface area contributed by atoms with Crippen LogP contribution in [-0.2, 0) is 0 Å². The zero-order valence-electron chi connectivity index (χ0n) is 10.0. The number of nitro groups is 1. The number of aromatic hydroxyl groups is 1. The maximum Gasteiger partial charge on any atom is 0.342 e. The highest BCUT2D eigenvalue weighted by molar-refractivity contribution is 5.92. The normalized spacial score (nSPS) is 10.0. The highest BCUT2D eigenvalue weighted by atomic mass is 16.6. The average Bonchev–Trinajstić information content (AvgIpc) is 2.41. The predicted octanol–water partition coefficient (Wildman–Crippen LogP) is 2.79. The van der Waals surface area contributed by atoms with Crippen molar-refractivity contribution in [2.24, 2.45) is 0 Å². The fraction of sp³-hybridized carbons (Fsp3) is 0. The van der Waals surface area contributed by atoms with Gasteiger partial charge in [-0.25, -0.2) is 4.79 Å². The van der Waals surface area contributed by atoms with E-state index in [1.807, 2.05) is 0 Å². The van der Waals surface area contributed by atoms with Gasteiger partial charge in [-0.15, -0.1) is 0 Å². The Hall–Kier alpha value is -3.09. The van der Waals surface area contributed by atoms with Crippen LogP contribution in [0.3, 0.4) is 0 Å². The molecule has 0 aliphatic rings. The van der Waals surface area contributed by atoms with Crippen molar-refractivity contribution >= 4 is 11.7 Å². The van der Waals surface area contributed by atoms with Gasteiger partial charge >= 0.3 is 5.97 Å². The second-order valence-electron chi connectivity index (χ2n) is 3.84. The standard InChI is InChI=1S/C13H9NO6/c15-8-1-3-9(4-2-8)20-10-5-6-12(14(18)19)11(7-10)13(16)17/h1-7,15H,(H,16,17). The van der Waals surface area contributed by atoms with E-state index in [2.05, 4.69) is 0 Å².